The molecule has 0 unspecified atom stereocenters. The van der Waals surface area contributed by atoms with Crippen molar-refractivity contribution in [3.05, 3.63) is 47.8 Å². The summed E-state index contributed by atoms with van der Waals surface area (Å²) in [4.78, 5) is 4.14. The van der Waals surface area contributed by atoms with Crippen LogP contribution in [0.4, 0.5) is 10.1 Å². The van der Waals surface area contributed by atoms with Crippen LogP contribution in [-0.4, -0.2) is 9.55 Å². The van der Waals surface area contributed by atoms with Crippen molar-refractivity contribution < 1.29 is 4.39 Å². The van der Waals surface area contributed by atoms with E-state index in [2.05, 4.69) is 21.8 Å². The van der Waals surface area contributed by atoms with Gasteiger partial charge in [-0.3, -0.25) is 0 Å². The smallest absolute Gasteiger partial charge is 0.125 e. The number of nitrogens with zero attached hydrogens (tertiary/aromatic N) is 2. The summed E-state index contributed by atoms with van der Waals surface area (Å²) >= 11 is 0. The maximum absolute atomic E-state index is 13.2. The van der Waals surface area contributed by atoms with Crippen molar-refractivity contribution in [3.63, 3.8) is 0 Å². The van der Waals surface area contributed by atoms with E-state index in [1.165, 1.54) is 12.1 Å². The van der Waals surface area contributed by atoms with E-state index in [1.807, 2.05) is 19.4 Å². The molecule has 2 aromatic rings. The van der Waals surface area contributed by atoms with E-state index in [4.69, 9.17) is 0 Å². The molecule has 1 aromatic carbocycles. The van der Waals surface area contributed by atoms with Gasteiger partial charge >= 0.3 is 0 Å². The van der Waals surface area contributed by atoms with Crippen LogP contribution in [0.25, 0.3) is 0 Å². The van der Waals surface area contributed by atoms with Crippen molar-refractivity contribution in [3.8, 4) is 0 Å². The minimum absolute atomic E-state index is 0.217. The summed E-state index contributed by atoms with van der Waals surface area (Å²) in [5, 5.41) is 3.25. The van der Waals surface area contributed by atoms with E-state index in [-0.39, 0.29) is 5.82 Å². The minimum Gasteiger partial charge on any atom is -0.379 e. The molecule has 96 valence electrons. The van der Waals surface area contributed by atoms with Gasteiger partial charge in [0.2, 0.25) is 0 Å². The van der Waals surface area contributed by atoms with Crippen molar-refractivity contribution in [2.45, 2.75) is 33.4 Å². The van der Waals surface area contributed by atoms with Gasteiger partial charge in [-0.15, -0.1) is 0 Å². The summed E-state index contributed by atoms with van der Waals surface area (Å²) in [7, 11) is 0. The third kappa shape index (κ3) is 2.88. The molecule has 0 saturated heterocycles. The summed E-state index contributed by atoms with van der Waals surface area (Å²) < 4.78 is 15.3. The molecule has 0 spiro atoms. The lowest BCUT2D eigenvalue weighted by molar-refractivity contribution is 0.627. The first kappa shape index (κ1) is 12.6. The van der Waals surface area contributed by atoms with Crippen molar-refractivity contribution in [1.82, 2.24) is 9.55 Å². The number of aromatic nitrogens is 2. The summed E-state index contributed by atoms with van der Waals surface area (Å²) in [5.41, 5.74) is 2.98. The highest BCUT2D eigenvalue weighted by molar-refractivity contribution is 5.50. The topological polar surface area (TPSA) is 29.9 Å². The number of rotatable bonds is 5. The standard InChI is InChI=1S/C14H18FN3/c1-3-6-18-10-16-8-13(18)9-17-14-7-12(15)5-4-11(14)2/h4-5,7-8,10,17H,3,6,9H2,1-2H3. The number of anilines is 1. The Balaban J connectivity index is 2.06. The van der Waals surface area contributed by atoms with Crippen molar-refractivity contribution in [2.24, 2.45) is 0 Å². The molecule has 1 aromatic heterocycles. The zero-order valence-electron chi connectivity index (χ0n) is 10.8. The lowest BCUT2D eigenvalue weighted by atomic mass is 10.2. The Bertz CT molecular complexity index is 520. The molecule has 1 N–H and O–H groups in total. The molecule has 2 rings (SSSR count). The van der Waals surface area contributed by atoms with Crippen LogP contribution in [0.2, 0.25) is 0 Å². The van der Waals surface area contributed by atoms with Gasteiger partial charge in [-0.1, -0.05) is 13.0 Å². The number of imidazole rings is 1. The first-order valence-corrected chi connectivity index (χ1v) is 6.19. The van der Waals surface area contributed by atoms with Gasteiger partial charge in [0, 0.05) is 18.4 Å². The third-order valence-corrected chi connectivity index (χ3v) is 2.92. The second-order valence-corrected chi connectivity index (χ2v) is 4.39. The maximum Gasteiger partial charge on any atom is 0.125 e. The summed E-state index contributed by atoms with van der Waals surface area (Å²) in [5.74, 6) is -0.217. The predicted molar refractivity (Wildman–Crippen MR) is 71.0 cm³/mol. The number of halogens is 1. The Morgan fingerprint density at radius 3 is 3.00 bits per heavy atom. The van der Waals surface area contributed by atoms with Gasteiger partial charge in [0.25, 0.3) is 0 Å². The van der Waals surface area contributed by atoms with Crippen LogP contribution >= 0.6 is 0 Å². The van der Waals surface area contributed by atoms with E-state index in [0.717, 1.165) is 29.9 Å². The van der Waals surface area contributed by atoms with Crippen molar-refractivity contribution in [2.75, 3.05) is 5.32 Å². The molecule has 1 heterocycles. The summed E-state index contributed by atoms with van der Waals surface area (Å²) in [6, 6.07) is 4.78. The number of aryl methyl sites for hydroxylation is 2. The highest BCUT2D eigenvalue weighted by atomic mass is 19.1. The molecule has 0 atom stereocenters. The van der Waals surface area contributed by atoms with Crippen LogP contribution in [0.5, 0.6) is 0 Å². The quantitative estimate of drug-likeness (QED) is 0.878. The third-order valence-electron chi connectivity index (χ3n) is 2.92. The van der Waals surface area contributed by atoms with E-state index in [1.54, 1.807) is 6.07 Å². The van der Waals surface area contributed by atoms with E-state index in [0.29, 0.717) is 6.54 Å². The molecule has 0 aliphatic heterocycles. The van der Waals surface area contributed by atoms with Crippen molar-refractivity contribution >= 4 is 5.69 Å². The van der Waals surface area contributed by atoms with Crippen molar-refractivity contribution in [1.29, 1.82) is 0 Å². The van der Waals surface area contributed by atoms with E-state index < -0.39 is 0 Å². The normalized spacial score (nSPS) is 10.6. The van der Waals surface area contributed by atoms with Crippen LogP contribution in [0.15, 0.2) is 30.7 Å². The molecule has 0 fully saturated rings. The molecule has 18 heavy (non-hydrogen) atoms. The second kappa shape index (κ2) is 5.67. The molecule has 0 bridgehead atoms. The van der Waals surface area contributed by atoms with Gasteiger partial charge < -0.3 is 9.88 Å². The Kier molecular flexibility index (Phi) is 3.97. The first-order valence-electron chi connectivity index (χ1n) is 6.19. The number of benzene rings is 1. The molecule has 0 aliphatic carbocycles. The highest BCUT2D eigenvalue weighted by Crippen LogP contribution is 2.17. The largest absolute Gasteiger partial charge is 0.379 e. The van der Waals surface area contributed by atoms with Gasteiger partial charge in [0.1, 0.15) is 5.82 Å². The van der Waals surface area contributed by atoms with Crippen LogP contribution in [0.1, 0.15) is 24.6 Å². The lowest BCUT2D eigenvalue weighted by Gasteiger charge is -2.11. The fourth-order valence-corrected chi connectivity index (χ4v) is 1.91. The second-order valence-electron chi connectivity index (χ2n) is 4.39. The van der Waals surface area contributed by atoms with Gasteiger partial charge in [0.05, 0.1) is 18.6 Å². The highest BCUT2D eigenvalue weighted by Gasteiger charge is 2.03. The Morgan fingerprint density at radius 2 is 2.22 bits per heavy atom. The van der Waals surface area contributed by atoms with E-state index in [9.17, 15) is 4.39 Å². The number of nitrogens with one attached hydrogen (secondary N) is 1. The number of hydrogen-bond donors (Lipinski definition) is 1. The summed E-state index contributed by atoms with van der Waals surface area (Å²) in [6.07, 6.45) is 4.75. The Labute approximate surface area is 107 Å². The van der Waals surface area contributed by atoms with Crippen LogP contribution < -0.4 is 5.32 Å². The molecule has 0 aliphatic rings. The fraction of sp³-hybridized carbons (Fsp3) is 0.357. The molecular weight excluding hydrogens is 229 g/mol. The first-order chi connectivity index (χ1) is 8.70. The van der Waals surface area contributed by atoms with Crippen LogP contribution in [-0.2, 0) is 13.1 Å². The SMILES string of the molecule is CCCn1cncc1CNc1cc(F)ccc1C. The minimum atomic E-state index is -0.217. The molecule has 4 heteroatoms. The maximum atomic E-state index is 13.2. The van der Waals surface area contributed by atoms with Gasteiger partial charge in [0.15, 0.2) is 0 Å². The Hall–Kier alpha value is -1.84. The average molecular weight is 247 g/mol. The molecule has 0 saturated carbocycles. The van der Waals surface area contributed by atoms with E-state index >= 15 is 0 Å². The molecule has 0 radical (unpaired) electrons. The Morgan fingerprint density at radius 1 is 1.39 bits per heavy atom. The molecule has 3 nitrogen and oxygen atoms in total. The average Bonchev–Trinajstić information content (AvgIpc) is 2.78. The predicted octanol–water partition coefficient (Wildman–Crippen LogP) is 3.35. The monoisotopic (exact) mass is 247 g/mol. The molecular formula is C14H18FN3. The molecule has 0 amide bonds. The van der Waals surface area contributed by atoms with Gasteiger partial charge in [-0.05, 0) is 31.0 Å². The zero-order valence-corrected chi connectivity index (χ0v) is 10.8. The van der Waals surface area contributed by atoms with Crippen LogP contribution in [0.3, 0.4) is 0 Å². The zero-order chi connectivity index (χ0) is 13.0. The van der Waals surface area contributed by atoms with Gasteiger partial charge in [-0.25, -0.2) is 9.37 Å². The number of hydrogen-bond acceptors (Lipinski definition) is 2. The van der Waals surface area contributed by atoms with Gasteiger partial charge in [-0.2, -0.15) is 0 Å². The lowest BCUT2D eigenvalue weighted by Crippen LogP contribution is -2.07. The summed E-state index contributed by atoms with van der Waals surface area (Å²) in [6.45, 7) is 5.71. The fourth-order valence-electron chi connectivity index (χ4n) is 1.91. The van der Waals surface area contributed by atoms with Crippen LogP contribution in [0, 0.1) is 12.7 Å².